The largest absolute Gasteiger partial charge is 0.494 e. The zero-order valence-electron chi connectivity index (χ0n) is 11.6. The number of nitrogens with zero attached hydrogens (tertiary/aromatic N) is 1. The molecule has 0 amide bonds. The molecule has 3 nitrogen and oxygen atoms in total. The fraction of sp³-hybridized carbons (Fsp3) is 0.571. The lowest BCUT2D eigenvalue weighted by Crippen LogP contribution is -2.49. The van der Waals surface area contributed by atoms with Crippen LogP contribution in [0.5, 0.6) is 5.75 Å². The van der Waals surface area contributed by atoms with Gasteiger partial charge in [0.15, 0.2) is 0 Å². The Labute approximate surface area is 128 Å². The van der Waals surface area contributed by atoms with Crippen molar-refractivity contribution in [2.45, 2.75) is 26.3 Å². The summed E-state index contributed by atoms with van der Waals surface area (Å²) in [5.74, 6) is 0.971. The van der Waals surface area contributed by atoms with E-state index in [2.05, 4.69) is 48.3 Å². The molecular weight excluding hydrogens is 283 g/mol. The van der Waals surface area contributed by atoms with Gasteiger partial charge >= 0.3 is 0 Å². The van der Waals surface area contributed by atoms with Crippen molar-refractivity contribution in [2.75, 3.05) is 31.1 Å². The summed E-state index contributed by atoms with van der Waals surface area (Å²) in [6.45, 7) is 8.39. The zero-order chi connectivity index (χ0) is 12.1. The van der Waals surface area contributed by atoms with Gasteiger partial charge in [-0.1, -0.05) is 6.92 Å². The first-order valence-corrected chi connectivity index (χ1v) is 6.51. The summed E-state index contributed by atoms with van der Waals surface area (Å²) in [7, 11) is 0. The van der Waals surface area contributed by atoms with Gasteiger partial charge in [0.25, 0.3) is 0 Å². The van der Waals surface area contributed by atoms with Crippen molar-refractivity contribution in [3.63, 3.8) is 0 Å². The normalized spacial score (nSPS) is 18.2. The molecule has 1 saturated heterocycles. The van der Waals surface area contributed by atoms with Gasteiger partial charge in [-0.2, -0.15) is 0 Å². The highest BCUT2D eigenvalue weighted by atomic mass is 35.5. The van der Waals surface area contributed by atoms with Crippen molar-refractivity contribution in [2.24, 2.45) is 0 Å². The van der Waals surface area contributed by atoms with Crippen molar-refractivity contribution < 1.29 is 4.74 Å². The maximum atomic E-state index is 5.59. The van der Waals surface area contributed by atoms with Gasteiger partial charge in [0.2, 0.25) is 0 Å². The molecule has 1 aliphatic rings. The number of nitrogens with one attached hydrogen (secondary N) is 1. The maximum absolute atomic E-state index is 5.59. The van der Waals surface area contributed by atoms with Gasteiger partial charge in [-0.25, -0.2) is 0 Å². The fourth-order valence-electron chi connectivity index (χ4n) is 2.18. The Morgan fingerprint density at radius 3 is 2.53 bits per heavy atom. The number of piperazine rings is 1. The minimum Gasteiger partial charge on any atom is -0.494 e. The lowest BCUT2D eigenvalue weighted by Gasteiger charge is -2.35. The Morgan fingerprint density at radius 1 is 1.26 bits per heavy atom. The van der Waals surface area contributed by atoms with Crippen molar-refractivity contribution in [1.29, 1.82) is 0 Å². The summed E-state index contributed by atoms with van der Waals surface area (Å²) in [6, 6.07) is 9.02. The second-order valence-corrected chi connectivity index (χ2v) is 4.59. The van der Waals surface area contributed by atoms with E-state index in [1.807, 2.05) is 0 Å². The fourth-order valence-corrected chi connectivity index (χ4v) is 2.18. The molecule has 1 aromatic carbocycles. The molecule has 1 heterocycles. The zero-order valence-corrected chi connectivity index (χ0v) is 13.2. The van der Waals surface area contributed by atoms with Crippen LogP contribution in [0.4, 0.5) is 5.69 Å². The highest BCUT2D eigenvalue weighted by Crippen LogP contribution is 2.22. The molecule has 5 heteroatoms. The topological polar surface area (TPSA) is 24.5 Å². The second kappa shape index (κ2) is 9.29. The molecule has 1 atom stereocenters. The minimum atomic E-state index is 0. The van der Waals surface area contributed by atoms with Crippen LogP contribution < -0.4 is 15.0 Å². The molecule has 0 spiro atoms. The van der Waals surface area contributed by atoms with E-state index in [9.17, 15) is 0 Å². The monoisotopic (exact) mass is 306 g/mol. The number of anilines is 1. The SMILES string of the molecule is CCCOc1ccc(N2CCNCC2C)cc1.Cl.Cl. The van der Waals surface area contributed by atoms with Crippen LogP contribution in [0, 0.1) is 0 Å². The van der Waals surface area contributed by atoms with E-state index >= 15 is 0 Å². The summed E-state index contributed by atoms with van der Waals surface area (Å²) < 4.78 is 5.59. The van der Waals surface area contributed by atoms with Crippen LogP contribution in [0.25, 0.3) is 0 Å². The summed E-state index contributed by atoms with van der Waals surface area (Å²) in [5.41, 5.74) is 1.29. The molecule has 0 saturated carbocycles. The molecule has 0 bridgehead atoms. The Balaban J connectivity index is 0.00000162. The van der Waals surface area contributed by atoms with Crippen molar-refractivity contribution in [3.05, 3.63) is 24.3 Å². The molecule has 19 heavy (non-hydrogen) atoms. The Kier molecular flexibility index (Phi) is 8.98. The van der Waals surface area contributed by atoms with Crippen LogP contribution in [-0.4, -0.2) is 32.3 Å². The number of hydrogen-bond acceptors (Lipinski definition) is 3. The van der Waals surface area contributed by atoms with Gasteiger partial charge in [-0.15, -0.1) is 24.8 Å². The van der Waals surface area contributed by atoms with E-state index in [4.69, 9.17) is 4.74 Å². The number of ether oxygens (including phenoxy) is 1. The Hall–Kier alpha value is -0.640. The van der Waals surface area contributed by atoms with Gasteiger partial charge < -0.3 is 15.0 Å². The van der Waals surface area contributed by atoms with Crippen LogP contribution >= 0.6 is 24.8 Å². The van der Waals surface area contributed by atoms with Crippen LogP contribution in [0.3, 0.4) is 0 Å². The van der Waals surface area contributed by atoms with E-state index in [1.165, 1.54) is 5.69 Å². The molecule has 1 fully saturated rings. The Morgan fingerprint density at radius 2 is 1.95 bits per heavy atom. The lowest BCUT2D eigenvalue weighted by atomic mass is 10.2. The molecule has 1 N–H and O–H groups in total. The van der Waals surface area contributed by atoms with E-state index < -0.39 is 0 Å². The predicted molar refractivity (Wildman–Crippen MR) is 86.4 cm³/mol. The minimum absolute atomic E-state index is 0. The first kappa shape index (κ1) is 18.4. The molecule has 1 aliphatic heterocycles. The molecule has 110 valence electrons. The number of hydrogen-bond donors (Lipinski definition) is 1. The van der Waals surface area contributed by atoms with Crippen molar-refractivity contribution >= 4 is 30.5 Å². The third-order valence-corrected chi connectivity index (χ3v) is 3.14. The van der Waals surface area contributed by atoms with Gasteiger partial charge in [0, 0.05) is 31.4 Å². The third-order valence-electron chi connectivity index (χ3n) is 3.14. The quantitative estimate of drug-likeness (QED) is 0.925. The van der Waals surface area contributed by atoms with Gasteiger partial charge in [-0.3, -0.25) is 0 Å². The highest BCUT2D eigenvalue weighted by Gasteiger charge is 2.17. The molecule has 0 radical (unpaired) electrons. The van der Waals surface area contributed by atoms with Gasteiger partial charge in [0.1, 0.15) is 5.75 Å². The van der Waals surface area contributed by atoms with E-state index in [-0.39, 0.29) is 24.8 Å². The van der Waals surface area contributed by atoms with E-state index in [1.54, 1.807) is 0 Å². The molecule has 1 unspecified atom stereocenters. The molecule has 2 rings (SSSR count). The van der Waals surface area contributed by atoms with Crippen LogP contribution in [0.2, 0.25) is 0 Å². The predicted octanol–water partition coefficient (Wildman–Crippen LogP) is 3.12. The smallest absolute Gasteiger partial charge is 0.119 e. The molecule has 0 aliphatic carbocycles. The second-order valence-electron chi connectivity index (χ2n) is 4.59. The standard InChI is InChI=1S/C14H22N2O.2ClH/c1-3-10-17-14-6-4-13(5-7-14)16-9-8-15-11-12(16)2;;/h4-7,12,15H,3,8-11H2,1-2H3;2*1H. The van der Waals surface area contributed by atoms with Gasteiger partial charge in [-0.05, 0) is 37.6 Å². The number of benzene rings is 1. The van der Waals surface area contributed by atoms with Crippen LogP contribution in [0.15, 0.2) is 24.3 Å². The van der Waals surface area contributed by atoms with Gasteiger partial charge in [0.05, 0.1) is 6.61 Å². The number of halogens is 2. The van der Waals surface area contributed by atoms with E-state index in [0.29, 0.717) is 6.04 Å². The summed E-state index contributed by atoms with van der Waals surface area (Å²) in [6.07, 6.45) is 1.05. The first-order valence-electron chi connectivity index (χ1n) is 6.51. The van der Waals surface area contributed by atoms with Crippen LogP contribution in [-0.2, 0) is 0 Å². The summed E-state index contributed by atoms with van der Waals surface area (Å²) in [4.78, 5) is 2.44. The molecular formula is C14H24Cl2N2O. The molecule has 1 aromatic rings. The highest BCUT2D eigenvalue weighted by molar-refractivity contribution is 5.85. The Bertz CT molecular complexity index is 346. The summed E-state index contributed by atoms with van der Waals surface area (Å²) >= 11 is 0. The van der Waals surface area contributed by atoms with Crippen LogP contribution in [0.1, 0.15) is 20.3 Å². The average Bonchev–Trinajstić information content (AvgIpc) is 2.38. The maximum Gasteiger partial charge on any atom is 0.119 e. The van der Waals surface area contributed by atoms with Crippen molar-refractivity contribution in [3.8, 4) is 5.75 Å². The first-order chi connectivity index (χ1) is 8.31. The van der Waals surface area contributed by atoms with E-state index in [0.717, 1.165) is 38.4 Å². The van der Waals surface area contributed by atoms with Crippen molar-refractivity contribution in [1.82, 2.24) is 5.32 Å². The number of rotatable bonds is 4. The third kappa shape index (κ3) is 5.09. The summed E-state index contributed by atoms with van der Waals surface area (Å²) in [5, 5.41) is 3.41. The average molecular weight is 307 g/mol. The lowest BCUT2D eigenvalue weighted by molar-refractivity contribution is 0.317. The molecule has 0 aromatic heterocycles.